The first-order valence-electron chi connectivity index (χ1n) is 7.94. The number of para-hydroxylation sites is 1. The number of hydrogen-bond acceptors (Lipinski definition) is 5. The molecule has 1 unspecified atom stereocenters. The van der Waals surface area contributed by atoms with Gasteiger partial charge in [-0.1, -0.05) is 6.07 Å². The number of rotatable bonds is 5. The Morgan fingerprint density at radius 2 is 1.93 bits per heavy atom. The van der Waals surface area contributed by atoms with Crippen molar-refractivity contribution < 1.29 is 17.8 Å². The molecule has 0 bridgehead atoms. The zero-order chi connectivity index (χ0) is 20.4. The van der Waals surface area contributed by atoms with Gasteiger partial charge in [0, 0.05) is 19.5 Å². The number of carbonyl (C=O) groups is 1. The third-order valence-electron chi connectivity index (χ3n) is 3.80. The fourth-order valence-corrected chi connectivity index (χ4v) is 2.93. The Bertz CT molecular complexity index is 1090. The summed E-state index contributed by atoms with van der Waals surface area (Å²) in [6.45, 7) is 0. The van der Waals surface area contributed by atoms with Crippen molar-refractivity contribution in [1.82, 2.24) is 14.3 Å². The summed E-state index contributed by atoms with van der Waals surface area (Å²) < 4.78 is 44.4. The van der Waals surface area contributed by atoms with Crippen LogP contribution in [0.3, 0.4) is 0 Å². The summed E-state index contributed by atoms with van der Waals surface area (Å²) in [7, 11) is 3.03. The highest BCUT2D eigenvalue weighted by molar-refractivity contribution is 7.83. The number of benzene rings is 2. The Kier molecular flexibility index (Phi) is 5.47. The summed E-state index contributed by atoms with van der Waals surface area (Å²) >= 11 is -1.74. The van der Waals surface area contributed by atoms with Gasteiger partial charge in [0.2, 0.25) is 0 Å². The number of nitrogens with one attached hydrogen (secondary N) is 2. The number of nitrogen functional groups attached to an aromatic ring is 1. The molecular weight excluding hydrogens is 390 g/mol. The highest BCUT2D eigenvalue weighted by Crippen LogP contribution is 2.28. The van der Waals surface area contributed by atoms with Gasteiger partial charge in [-0.2, -0.15) is 0 Å². The Morgan fingerprint density at radius 1 is 1.18 bits per heavy atom. The fraction of sp³-hybridized carbons (Fsp3) is 0.118. The predicted octanol–water partition coefficient (Wildman–Crippen LogP) is 2.29. The monoisotopic (exact) mass is 406 g/mol. The molecule has 0 saturated carbocycles. The lowest BCUT2D eigenvalue weighted by Crippen LogP contribution is -2.23. The molecule has 1 heterocycles. The van der Waals surface area contributed by atoms with Crippen LogP contribution in [0.5, 0.6) is 0 Å². The van der Waals surface area contributed by atoms with E-state index in [9.17, 15) is 17.8 Å². The van der Waals surface area contributed by atoms with Gasteiger partial charge in [-0.3, -0.25) is 9.52 Å². The van der Waals surface area contributed by atoms with Crippen molar-refractivity contribution in [3.8, 4) is 0 Å². The molecule has 0 aliphatic heterocycles. The molecule has 0 aliphatic rings. The SMILES string of the molecule is CN(C)S(=O)Nc1ccc(F)c(NC(=O)c2cccc3c(N)ncnc23)c1F. The second-order valence-corrected chi connectivity index (χ2v) is 7.30. The van der Waals surface area contributed by atoms with Gasteiger partial charge < -0.3 is 11.1 Å². The van der Waals surface area contributed by atoms with E-state index in [0.717, 1.165) is 12.1 Å². The van der Waals surface area contributed by atoms with Crippen molar-refractivity contribution in [3.05, 3.63) is 53.9 Å². The van der Waals surface area contributed by atoms with Gasteiger partial charge in [0.1, 0.15) is 23.6 Å². The van der Waals surface area contributed by atoms with E-state index in [1.165, 1.54) is 30.8 Å². The number of halogens is 2. The van der Waals surface area contributed by atoms with Gasteiger partial charge in [-0.25, -0.2) is 27.3 Å². The van der Waals surface area contributed by atoms with E-state index in [4.69, 9.17) is 5.73 Å². The third kappa shape index (κ3) is 3.75. The normalized spacial score (nSPS) is 12.2. The van der Waals surface area contributed by atoms with E-state index in [1.54, 1.807) is 12.1 Å². The maximum absolute atomic E-state index is 14.7. The van der Waals surface area contributed by atoms with Crippen LogP contribution < -0.4 is 15.8 Å². The predicted molar refractivity (Wildman–Crippen MR) is 104 cm³/mol. The van der Waals surface area contributed by atoms with Crippen LogP contribution in [0.2, 0.25) is 0 Å². The van der Waals surface area contributed by atoms with E-state index >= 15 is 0 Å². The first-order chi connectivity index (χ1) is 13.3. The van der Waals surface area contributed by atoms with Crippen molar-refractivity contribution >= 4 is 45.2 Å². The number of anilines is 3. The second-order valence-electron chi connectivity index (χ2n) is 5.86. The minimum atomic E-state index is -1.74. The molecule has 1 atom stereocenters. The Morgan fingerprint density at radius 3 is 2.64 bits per heavy atom. The van der Waals surface area contributed by atoms with Crippen molar-refractivity contribution in [2.75, 3.05) is 29.9 Å². The Balaban J connectivity index is 1.97. The van der Waals surface area contributed by atoms with E-state index in [2.05, 4.69) is 20.0 Å². The van der Waals surface area contributed by atoms with Crippen LogP contribution in [0.15, 0.2) is 36.7 Å². The van der Waals surface area contributed by atoms with Crippen LogP contribution in [0.4, 0.5) is 26.0 Å². The zero-order valence-corrected chi connectivity index (χ0v) is 15.7. The average Bonchev–Trinajstić information content (AvgIpc) is 2.67. The highest BCUT2D eigenvalue weighted by Gasteiger charge is 2.20. The van der Waals surface area contributed by atoms with Crippen LogP contribution in [-0.2, 0) is 11.2 Å². The van der Waals surface area contributed by atoms with Gasteiger partial charge >= 0.3 is 0 Å². The molecule has 1 aromatic heterocycles. The molecule has 3 aromatic rings. The number of nitrogens with two attached hydrogens (primary N) is 1. The molecule has 11 heteroatoms. The lowest BCUT2D eigenvalue weighted by atomic mass is 10.1. The third-order valence-corrected chi connectivity index (χ3v) is 4.86. The second kappa shape index (κ2) is 7.82. The van der Waals surface area contributed by atoms with Crippen molar-refractivity contribution in [2.24, 2.45) is 0 Å². The molecule has 0 spiro atoms. The summed E-state index contributed by atoms with van der Waals surface area (Å²) in [5.74, 6) is -2.68. The fourth-order valence-electron chi connectivity index (χ4n) is 2.40. The molecule has 1 amide bonds. The average molecular weight is 406 g/mol. The number of fused-ring (bicyclic) bond motifs is 1. The Labute approximate surface area is 161 Å². The molecule has 0 saturated heterocycles. The lowest BCUT2D eigenvalue weighted by molar-refractivity contribution is 0.102. The van der Waals surface area contributed by atoms with Gasteiger partial charge in [-0.05, 0) is 24.3 Å². The first kappa shape index (κ1) is 19.6. The lowest BCUT2D eigenvalue weighted by Gasteiger charge is -2.15. The maximum Gasteiger partial charge on any atom is 0.258 e. The van der Waals surface area contributed by atoms with E-state index < -0.39 is 34.4 Å². The van der Waals surface area contributed by atoms with Gasteiger partial charge in [0.25, 0.3) is 5.91 Å². The van der Waals surface area contributed by atoms with E-state index in [1.807, 2.05) is 0 Å². The molecule has 28 heavy (non-hydrogen) atoms. The van der Waals surface area contributed by atoms with Crippen LogP contribution in [0.25, 0.3) is 10.9 Å². The van der Waals surface area contributed by atoms with Crippen molar-refractivity contribution in [1.29, 1.82) is 0 Å². The first-order valence-corrected chi connectivity index (χ1v) is 9.04. The summed E-state index contributed by atoms with van der Waals surface area (Å²) in [5.41, 5.74) is 5.18. The molecule has 0 fully saturated rings. The molecule has 3 rings (SSSR count). The van der Waals surface area contributed by atoms with Crippen LogP contribution in [0, 0.1) is 11.6 Å². The van der Waals surface area contributed by atoms with Gasteiger partial charge in [0.15, 0.2) is 17.0 Å². The quantitative estimate of drug-likeness (QED) is 0.602. The summed E-state index contributed by atoms with van der Waals surface area (Å²) in [4.78, 5) is 20.5. The number of carbonyl (C=O) groups excluding carboxylic acids is 1. The largest absolute Gasteiger partial charge is 0.383 e. The minimum Gasteiger partial charge on any atom is -0.383 e. The molecule has 0 radical (unpaired) electrons. The smallest absolute Gasteiger partial charge is 0.258 e. The molecule has 146 valence electrons. The summed E-state index contributed by atoms with van der Waals surface area (Å²) in [6, 6.07) is 6.68. The number of amides is 1. The molecule has 4 N–H and O–H groups in total. The van der Waals surface area contributed by atoms with Crippen LogP contribution >= 0.6 is 0 Å². The summed E-state index contributed by atoms with van der Waals surface area (Å²) in [5, 5.41) is 2.64. The topological polar surface area (TPSA) is 113 Å². The molecular formula is C17H16F2N6O2S. The van der Waals surface area contributed by atoms with Gasteiger partial charge in [-0.15, -0.1) is 0 Å². The van der Waals surface area contributed by atoms with Crippen molar-refractivity contribution in [3.63, 3.8) is 0 Å². The Hall–Kier alpha value is -3.18. The van der Waals surface area contributed by atoms with Gasteiger partial charge in [0.05, 0.1) is 16.8 Å². The van der Waals surface area contributed by atoms with Crippen molar-refractivity contribution in [2.45, 2.75) is 0 Å². The molecule has 2 aromatic carbocycles. The van der Waals surface area contributed by atoms with E-state index in [-0.39, 0.29) is 22.6 Å². The zero-order valence-electron chi connectivity index (χ0n) is 14.9. The number of nitrogens with zero attached hydrogens (tertiary/aromatic N) is 3. The standard InChI is InChI=1S/C17H16F2N6O2S/c1-25(2)28(27)24-12-7-6-11(18)15(13(12)19)23-17(26)10-5-3-4-9-14(10)21-8-22-16(9)20/h3-8,24H,1-2H3,(H,23,26)(H2,20,21,22). The van der Waals surface area contributed by atoms with Crippen LogP contribution in [-0.4, -0.2) is 38.5 Å². The number of aromatic nitrogens is 2. The highest BCUT2D eigenvalue weighted by atomic mass is 32.2. The van der Waals surface area contributed by atoms with Crippen LogP contribution in [0.1, 0.15) is 10.4 Å². The van der Waals surface area contributed by atoms with E-state index in [0.29, 0.717) is 5.39 Å². The summed E-state index contributed by atoms with van der Waals surface area (Å²) in [6.07, 6.45) is 1.19. The minimum absolute atomic E-state index is 0.0700. The maximum atomic E-state index is 14.7. The number of hydrogen-bond donors (Lipinski definition) is 3. The molecule has 8 nitrogen and oxygen atoms in total. The molecule has 0 aliphatic carbocycles.